The molecule has 3 aromatic carbocycles. The van der Waals surface area contributed by atoms with E-state index in [-0.39, 0.29) is 12.0 Å². The fraction of sp³-hybridized carbons (Fsp3) is 0.385. The lowest BCUT2D eigenvalue weighted by Crippen LogP contribution is -2.45. The first-order chi connectivity index (χ1) is 13.9. The molecule has 0 aliphatic carbocycles. The van der Waals surface area contributed by atoms with Gasteiger partial charge in [0.25, 0.3) is 0 Å². The van der Waals surface area contributed by atoms with Gasteiger partial charge >= 0.3 is 0 Å². The predicted molar refractivity (Wildman–Crippen MR) is 126 cm³/mol. The molecule has 29 heavy (non-hydrogen) atoms. The molecule has 0 heterocycles. The zero-order valence-electron chi connectivity index (χ0n) is 18.2. The van der Waals surface area contributed by atoms with Crippen LogP contribution >= 0.6 is 0 Å². The fourth-order valence-corrected chi connectivity index (χ4v) is 5.98. The molecule has 0 saturated carbocycles. The van der Waals surface area contributed by atoms with Crippen LogP contribution in [0.25, 0.3) is 10.8 Å². The Balaban J connectivity index is 2.20. The molecule has 154 valence electrons. The van der Waals surface area contributed by atoms with Gasteiger partial charge in [-0.25, -0.2) is 0 Å². The monoisotopic (exact) mass is 406 g/mol. The lowest BCUT2D eigenvalue weighted by atomic mass is 9.68. The molecule has 3 rings (SSSR count). The van der Waals surface area contributed by atoms with E-state index in [1.807, 2.05) is 12.1 Å². The summed E-state index contributed by atoms with van der Waals surface area (Å²) < 4.78 is 7.03. The summed E-state index contributed by atoms with van der Waals surface area (Å²) in [6.07, 6.45) is 3.22. The Hall–Kier alpha value is -1.94. The number of rotatable bonds is 8. The van der Waals surface area contributed by atoms with Crippen molar-refractivity contribution in [3.05, 3.63) is 77.9 Å². The van der Waals surface area contributed by atoms with E-state index in [1.165, 1.54) is 16.1 Å². The first-order valence-corrected chi connectivity index (χ1v) is 12.0. The number of benzene rings is 3. The van der Waals surface area contributed by atoms with Crippen LogP contribution in [-0.4, -0.2) is 14.9 Å². The molecule has 0 aromatic heterocycles. The zero-order valence-corrected chi connectivity index (χ0v) is 19.7. The summed E-state index contributed by atoms with van der Waals surface area (Å²) in [5.74, 6) is 0. The molecule has 1 atom stereocenters. The summed E-state index contributed by atoms with van der Waals surface area (Å²) in [5.41, 5.74) is 1.73. The van der Waals surface area contributed by atoms with Crippen LogP contribution < -0.4 is 5.19 Å². The van der Waals surface area contributed by atoms with Crippen molar-refractivity contribution in [1.82, 2.24) is 0 Å². The van der Waals surface area contributed by atoms with Gasteiger partial charge in [0.05, 0.1) is 12.2 Å². The molecule has 3 heteroatoms. The summed E-state index contributed by atoms with van der Waals surface area (Å²) in [4.78, 5) is 0. The van der Waals surface area contributed by atoms with Crippen LogP contribution in [0, 0.1) is 5.41 Å². The quantitative estimate of drug-likeness (QED) is 0.522. The summed E-state index contributed by atoms with van der Waals surface area (Å²) >= 11 is 0. The van der Waals surface area contributed by atoms with E-state index in [9.17, 15) is 5.11 Å². The summed E-state index contributed by atoms with van der Waals surface area (Å²) in [6.45, 7) is 9.16. The van der Waals surface area contributed by atoms with Crippen LogP contribution in [0.5, 0.6) is 0 Å². The molecule has 0 radical (unpaired) electrons. The Morgan fingerprint density at radius 1 is 0.897 bits per heavy atom. The SMILES string of the molecule is CCCCC(O[SiH2]c1ccccc1)(c1cccc2cccc(CO)c12)C(C)(C)C. The minimum absolute atomic E-state index is 0.0401. The maximum atomic E-state index is 10.1. The fourth-order valence-electron chi connectivity index (χ4n) is 4.37. The first-order valence-electron chi connectivity index (χ1n) is 10.7. The highest BCUT2D eigenvalue weighted by Gasteiger charge is 2.44. The topological polar surface area (TPSA) is 29.5 Å². The third-order valence-corrected chi connectivity index (χ3v) is 7.46. The van der Waals surface area contributed by atoms with Crippen LogP contribution in [0.1, 0.15) is 58.1 Å². The van der Waals surface area contributed by atoms with Crippen LogP contribution in [0.2, 0.25) is 0 Å². The summed E-state index contributed by atoms with van der Waals surface area (Å²) in [7, 11) is -0.915. The van der Waals surface area contributed by atoms with Crippen molar-refractivity contribution in [3.8, 4) is 0 Å². The molecular formula is C26H34O2Si. The van der Waals surface area contributed by atoms with Crippen molar-refractivity contribution in [3.63, 3.8) is 0 Å². The second-order valence-electron chi connectivity index (χ2n) is 8.93. The highest BCUT2D eigenvalue weighted by Crippen LogP contribution is 2.49. The van der Waals surface area contributed by atoms with Crippen molar-refractivity contribution < 1.29 is 9.53 Å². The molecule has 0 aliphatic rings. The largest absolute Gasteiger partial charge is 0.409 e. The third-order valence-electron chi connectivity index (χ3n) is 6.02. The minimum Gasteiger partial charge on any atom is -0.409 e. The van der Waals surface area contributed by atoms with Gasteiger partial charge in [0.15, 0.2) is 9.76 Å². The Morgan fingerprint density at radius 2 is 1.59 bits per heavy atom. The van der Waals surface area contributed by atoms with Gasteiger partial charge in [0.2, 0.25) is 0 Å². The van der Waals surface area contributed by atoms with Crippen molar-refractivity contribution in [2.45, 2.75) is 59.2 Å². The van der Waals surface area contributed by atoms with E-state index >= 15 is 0 Å². The van der Waals surface area contributed by atoms with Gasteiger partial charge in [-0.15, -0.1) is 0 Å². The normalized spacial score (nSPS) is 14.5. The van der Waals surface area contributed by atoms with Crippen LogP contribution in [-0.2, 0) is 16.6 Å². The number of aliphatic hydroxyl groups excluding tert-OH is 1. The van der Waals surface area contributed by atoms with Crippen LogP contribution in [0.4, 0.5) is 0 Å². The molecule has 2 nitrogen and oxygen atoms in total. The number of hydrogen-bond donors (Lipinski definition) is 1. The molecule has 0 amide bonds. The highest BCUT2D eigenvalue weighted by molar-refractivity contribution is 6.47. The smallest absolute Gasteiger partial charge is 0.193 e. The number of unbranched alkanes of at least 4 members (excludes halogenated alkanes) is 1. The molecule has 3 aromatic rings. The standard InChI is InChI=1S/C26H34O2Si/c1-5-6-18-26(25(2,3)4,28-29-22-15-8-7-9-16-22)23-17-11-13-20-12-10-14-21(19-27)24(20)23/h7-17,27H,5-6,18-19,29H2,1-4H3. The van der Waals surface area contributed by atoms with Gasteiger partial charge in [-0.3, -0.25) is 0 Å². The molecule has 0 saturated heterocycles. The number of fused-ring (bicyclic) bond motifs is 1. The molecular weight excluding hydrogens is 372 g/mol. The van der Waals surface area contributed by atoms with Gasteiger partial charge in [-0.1, -0.05) is 107 Å². The molecule has 1 unspecified atom stereocenters. The lowest BCUT2D eigenvalue weighted by molar-refractivity contribution is -0.0438. The second kappa shape index (κ2) is 9.25. The Morgan fingerprint density at radius 3 is 2.21 bits per heavy atom. The van der Waals surface area contributed by atoms with Crippen molar-refractivity contribution in [1.29, 1.82) is 0 Å². The minimum atomic E-state index is -0.915. The van der Waals surface area contributed by atoms with Crippen molar-refractivity contribution in [2.75, 3.05) is 0 Å². The maximum absolute atomic E-state index is 10.1. The van der Waals surface area contributed by atoms with E-state index in [0.29, 0.717) is 0 Å². The summed E-state index contributed by atoms with van der Waals surface area (Å²) in [6, 6.07) is 23.3. The highest BCUT2D eigenvalue weighted by atomic mass is 28.2. The van der Waals surface area contributed by atoms with Gasteiger partial charge in [0.1, 0.15) is 0 Å². The molecule has 0 bridgehead atoms. The van der Waals surface area contributed by atoms with E-state index < -0.39 is 15.4 Å². The Bertz CT molecular complexity index is 925. The first kappa shape index (κ1) is 21.8. The zero-order chi connectivity index (χ0) is 20.9. The van der Waals surface area contributed by atoms with Gasteiger partial charge in [-0.05, 0) is 38.9 Å². The van der Waals surface area contributed by atoms with Gasteiger partial charge in [-0.2, -0.15) is 0 Å². The Labute approximate surface area is 177 Å². The predicted octanol–water partition coefficient (Wildman–Crippen LogP) is 5.19. The van der Waals surface area contributed by atoms with E-state index in [4.69, 9.17) is 4.43 Å². The van der Waals surface area contributed by atoms with E-state index in [2.05, 4.69) is 82.3 Å². The summed E-state index contributed by atoms with van der Waals surface area (Å²) in [5, 5.41) is 13.7. The Kier molecular flexibility index (Phi) is 6.94. The number of aliphatic hydroxyl groups is 1. The van der Waals surface area contributed by atoms with Gasteiger partial charge < -0.3 is 9.53 Å². The molecule has 0 fully saturated rings. The van der Waals surface area contributed by atoms with Crippen LogP contribution in [0.3, 0.4) is 0 Å². The molecule has 0 aliphatic heterocycles. The van der Waals surface area contributed by atoms with Crippen molar-refractivity contribution >= 4 is 25.7 Å². The average molecular weight is 407 g/mol. The second-order valence-corrected chi connectivity index (χ2v) is 10.3. The lowest BCUT2D eigenvalue weighted by Gasteiger charge is -2.47. The maximum Gasteiger partial charge on any atom is 0.193 e. The van der Waals surface area contributed by atoms with E-state index in [0.717, 1.165) is 30.2 Å². The molecule has 0 spiro atoms. The molecule has 1 N–H and O–H groups in total. The van der Waals surface area contributed by atoms with Crippen LogP contribution in [0.15, 0.2) is 66.7 Å². The average Bonchev–Trinajstić information content (AvgIpc) is 2.73. The third kappa shape index (κ3) is 4.47. The number of hydrogen-bond acceptors (Lipinski definition) is 2. The van der Waals surface area contributed by atoms with Crippen molar-refractivity contribution in [2.24, 2.45) is 5.41 Å². The van der Waals surface area contributed by atoms with Gasteiger partial charge in [0, 0.05) is 0 Å². The van der Waals surface area contributed by atoms with E-state index in [1.54, 1.807) is 0 Å².